The Morgan fingerprint density at radius 3 is 2.55 bits per heavy atom. The Labute approximate surface area is 233 Å². The lowest BCUT2D eigenvalue weighted by Crippen LogP contribution is -2.49. The van der Waals surface area contributed by atoms with Crippen LogP contribution in [-0.4, -0.2) is 121 Å². The van der Waals surface area contributed by atoms with Crippen LogP contribution in [0.25, 0.3) is 5.70 Å². The molecule has 1 unspecified atom stereocenters. The fraction of sp³-hybridized carbons (Fsp3) is 0.407. The zero-order chi connectivity index (χ0) is 27.6. The van der Waals surface area contributed by atoms with Crippen LogP contribution in [0.4, 0.5) is 10.5 Å². The van der Waals surface area contributed by atoms with E-state index in [1.54, 1.807) is 30.3 Å². The number of amidine groups is 1. The van der Waals surface area contributed by atoms with E-state index < -0.39 is 6.29 Å². The first-order chi connectivity index (χ1) is 19.5. The standard InChI is InChI=1S/C27H34N10O3/c1-32-27(38)35(26-31-25-24(37(26)32)23(30-19-36(25)28)22-5-3-4-10-29-22)16-13-33-11-14-34(15-12-33)20-6-8-21(9-7-20)40-18-17-39-2/h3-10,19,26H,11-18,28H2,1-2H3. The molecule has 2 saturated heterocycles. The summed E-state index contributed by atoms with van der Waals surface area (Å²) in [6, 6.07) is 13.7. The maximum Gasteiger partial charge on any atom is 0.341 e. The Balaban J connectivity index is 1.08. The molecule has 40 heavy (non-hydrogen) atoms. The lowest BCUT2D eigenvalue weighted by Gasteiger charge is -2.36. The van der Waals surface area contributed by atoms with Crippen molar-refractivity contribution in [3.8, 4) is 5.75 Å². The molecule has 5 heterocycles. The summed E-state index contributed by atoms with van der Waals surface area (Å²) in [4.78, 5) is 33.7. The highest BCUT2D eigenvalue weighted by Crippen LogP contribution is 2.37. The van der Waals surface area contributed by atoms with Crippen LogP contribution in [0.1, 0.15) is 5.69 Å². The fourth-order valence-corrected chi connectivity index (χ4v) is 5.34. The van der Waals surface area contributed by atoms with Gasteiger partial charge in [-0.3, -0.25) is 14.8 Å². The van der Waals surface area contributed by atoms with Crippen molar-refractivity contribution in [2.75, 3.05) is 71.5 Å². The molecular weight excluding hydrogens is 512 g/mol. The van der Waals surface area contributed by atoms with Gasteiger partial charge in [-0.2, -0.15) is 0 Å². The van der Waals surface area contributed by atoms with Crippen LogP contribution in [0.15, 0.2) is 64.3 Å². The average Bonchev–Trinajstić information content (AvgIpc) is 3.49. The summed E-state index contributed by atoms with van der Waals surface area (Å²) in [6.07, 6.45) is 2.73. The number of hydrogen-bond donors (Lipinski definition) is 1. The first kappa shape index (κ1) is 26.0. The minimum absolute atomic E-state index is 0.106. The van der Waals surface area contributed by atoms with Crippen molar-refractivity contribution in [2.24, 2.45) is 15.8 Å². The van der Waals surface area contributed by atoms with Crippen LogP contribution >= 0.6 is 0 Å². The number of hydrogen-bond acceptors (Lipinski definition) is 11. The van der Waals surface area contributed by atoms with E-state index in [4.69, 9.17) is 20.3 Å². The maximum atomic E-state index is 13.3. The number of methoxy groups -OCH3 is 1. The second-order valence-corrected chi connectivity index (χ2v) is 9.87. The first-order valence-corrected chi connectivity index (χ1v) is 13.4. The molecule has 0 aliphatic carbocycles. The molecule has 0 saturated carbocycles. The van der Waals surface area contributed by atoms with Crippen LogP contribution in [-0.2, 0) is 4.74 Å². The van der Waals surface area contributed by atoms with Gasteiger partial charge in [0.2, 0.25) is 6.29 Å². The molecule has 210 valence electrons. The van der Waals surface area contributed by atoms with Gasteiger partial charge in [0.05, 0.1) is 12.3 Å². The van der Waals surface area contributed by atoms with Crippen LogP contribution < -0.4 is 15.5 Å². The fourth-order valence-electron chi connectivity index (χ4n) is 5.34. The minimum atomic E-state index is -0.514. The summed E-state index contributed by atoms with van der Waals surface area (Å²) >= 11 is 0. The molecule has 0 radical (unpaired) electrons. The van der Waals surface area contributed by atoms with E-state index in [1.165, 1.54) is 17.0 Å². The average molecular weight is 547 g/mol. The smallest absolute Gasteiger partial charge is 0.341 e. The quantitative estimate of drug-likeness (QED) is 0.364. The predicted molar refractivity (Wildman–Crippen MR) is 151 cm³/mol. The summed E-state index contributed by atoms with van der Waals surface area (Å²) in [6.45, 7) is 6.05. The van der Waals surface area contributed by atoms with Gasteiger partial charge in [0.1, 0.15) is 30.1 Å². The summed E-state index contributed by atoms with van der Waals surface area (Å²) in [7, 11) is 3.42. The van der Waals surface area contributed by atoms with E-state index in [-0.39, 0.29) is 6.03 Å². The molecule has 2 amide bonds. The van der Waals surface area contributed by atoms with Gasteiger partial charge in [0.15, 0.2) is 5.84 Å². The Morgan fingerprint density at radius 2 is 1.82 bits per heavy atom. The SMILES string of the molecule is COCCOc1ccc(N2CCN(CCN3C(=O)N(C)N4C5=C(c6ccccn6)N=CN(N)C5=NC34)CC2)cc1. The van der Waals surface area contributed by atoms with Gasteiger partial charge in [0.25, 0.3) is 0 Å². The Bertz CT molecular complexity index is 1310. The number of hydrazine groups is 2. The zero-order valence-electron chi connectivity index (χ0n) is 22.8. The van der Waals surface area contributed by atoms with Crippen molar-refractivity contribution in [3.63, 3.8) is 0 Å². The molecule has 4 aliphatic rings. The molecule has 2 aromatic rings. The van der Waals surface area contributed by atoms with Crippen molar-refractivity contribution < 1.29 is 14.3 Å². The van der Waals surface area contributed by atoms with Crippen molar-refractivity contribution in [1.82, 2.24) is 29.8 Å². The number of nitrogens with zero attached hydrogens (tertiary/aromatic N) is 9. The highest BCUT2D eigenvalue weighted by atomic mass is 16.5. The molecular formula is C27H34N10O3. The van der Waals surface area contributed by atoms with Gasteiger partial charge in [-0.15, -0.1) is 0 Å². The molecule has 0 spiro atoms. The van der Waals surface area contributed by atoms with Crippen LogP contribution in [0.5, 0.6) is 5.75 Å². The van der Waals surface area contributed by atoms with Crippen LogP contribution in [0.3, 0.4) is 0 Å². The van der Waals surface area contributed by atoms with E-state index >= 15 is 0 Å². The number of fused-ring (bicyclic) bond motifs is 3. The Hall–Kier alpha value is -4.20. The minimum Gasteiger partial charge on any atom is -0.491 e. The molecule has 13 heteroatoms. The van der Waals surface area contributed by atoms with E-state index in [0.717, 1.165) is 38.5 Å². The zero-order valence-corrected chi connectivity index (χ0v) is 22.8. The first-order valence-electron chi connectivity index (χ1n) is 13.4. The number of amides is 2. The third-order valence-corrected chi connectivity index (χ3v) is 7.50. The van der Waals surface area contributed by atoms with Crippen molar-refractivity contribution >= 4 is 29.6 Å². The van der Waals surface area contributed by atoms with E-state index in [1.807, 2.05) is 35.3 Å². The number of carbonyl (C=O) groups excluding carboxylic acids is 1. The molecule has 6 rings (SSSR count). The number of aromatic nitrogens is 1. The van der Waals surface area contributed by atoms with Crippen molar-refractivity contribution in [3.05, 3.63) is 60.1 Å². The maximum absolute atomic E-state index is 13.3. The summed E-state index contributed by atoms with van der Waals surface area (Å²) < 4.78 is 10.7. The number of rotatable bonds is 9. The highest BCUT2D eigenvalue weighted by Gasteiger charge is 2.51. The normalized spacial score (nSPS) is 20.9. The summed E-state index contributed by atoms with van der Waals surface area (Å²) in [5.41, 5.74) is 3.19. The highest BCUT2D eigenvalue weighted by molar-refractivity contribution is 6.13. The van der Waals surface area contributed by atoms with Crippen molar-refractivity contribution in [1.29, 1.82) is 0 Å². The number of urea groups is 1. The van der Waals surface area contributed by atoms with E-state index in [2.05, 4.69) is 31.9 Å². The number of pyridine rings is 1. The molecule has 1 atom stereocenters. The number of ether oxygens (including phenoxy) is 2. The molecule has 2 N–H and O–H groups in total. The number of nitrogens with two attached hydrogens (primary N) is 1. The van der Waals surface area contributed by atoms with Gasteiger partial charge < -0.3 is 14.4 Å². The second-order valence-electron chi connectivity index (χ2n) is 9.87. The molecule has 1 aromatic carbocycles. The molecule has 2 fully saturated rings. The van der Waals surface area contributed by atoms with Gasteiger partial charge in [-0.1, -0.05) is 6.07 Å². The van der Waals surface area contributed by atoms with E-state index in [0.29, 0.717) is 42.7 Å². The van der Waals surface area contributed by atoms with Gasteiger partial charge in [-0.05, 0) is 36.4 Å². The molecule has 4 aliphatic heterocycles. The third-order valence-electron chi connectivity index (χ3n) is 7.50. The molecule has 1 aromatic heterocycles. The predicted octanol–water partition coefficient (Wildman–Crippen LogP) is 1.10. The Kier molecular flexibility index (Phi) is 7.24. The van der Waals surface area contributed by atoms with Gasteiger partial charge in [0, 0.05) is 65.3 Å². The van der Waals surface area contributed by atoms with Crippen LogP contribution in [0, 0.1) is 0 Å². The number of piperazine rings is 1. The Morgan fingerprint density at radius 1 is 1.02 bits per heavy atom. The topological polar surface area (TPSA) is 119 Å². The third kappa shape index (κ3) is 4.83. The van der Waals surface area contributed by atoms with E-state index in [9.17, 15) is 4.79 Å². The largest absolute Gasteiger partial charge is 0.491 e. The molecule has 13 nitrogen and oxygen atoms in total. The lowest BCUT2D eigenvalue weighted by molar-refractivity contribution is 0.0842. The summed E-state index contributed by atoms with van der Waals surface area (Å²) in [5, 5.41) is 4.85. The van der Waals surface area contributed by atoms with Crippen LogP contribution in [0.2, 0.25) is 0 Å². The number of benzene rings is 1. The second kappa shape index (κ2) is 11.1. The summed E-state index contributed by atoms with van der Waals surface area (Å²) in [5.74, 6) is 7.61. The number of anilines is 1. The lowest BCUT2D eigenvalue weighted by atomic mass is 10.2. The molecule has 0 bridgehead atoms. The van der Waals surface area contributed by atoms with Crippen molar-refractivity contribution in [2.45, 2.75) is 6.29 Å². The van der Waals surface area contributed by atoms with Gasteiger partial charge >= 0.3 is 6.03 Å². The number of carbonyl (C=O) groups is 1. The number of aliphatic imine (C=N–C) groups is 2. The van der Waals surface area contributed by atoms with Gasteiger partial charge in [-0.25, -0.2) is 35.6 Å². The monoisotopic (exact) mass is 546 g/mol.